The number of carbonyl (C=O) groups excluding carboxylic acids is 1. The molecule has 4 N–H and O–H groups in total. The van der Waals surface area contributed by atoms with Crippen molar-refractivity contribution in [1.29, 1.82) is 0 Å². The van der Waals surface area contributed by atoms with E-state index >= 15 is 0 Å². The molecule has 1 aromatic heterocycles. The molecule has 0 saturated heterocycles. The van der Waals surface area contributed by atoms with Gasteiger partial charge in [0, 0.05) is 5.69 Å². The number of benzene rings is 1. The summed E-state index contributed by atoms with van der Waals surface area (Å²) in [6.07, 6.45) is 0. The monoisotopic (exact) mass is 295 g/mol. The molecule has 0 fully saturated rings. The molecule has 6 nitrogen and oxygen atoms in total. The van der Waals surface area contributed by atoms with Crippen molar-refractivity contribution in [3.05, 3.63) is 40.2 Å². The van der Waals surface area contributed by atoms with Gasteiger partial charge in [-0.05, 0) is 25.1 Å². The van der Waals surface area contributed by atoms with Gasteiger partial charge in [0.25, 0.3) is 5.91 Å². The summed E-state index contributed by atoms with van der Waals surface area (Å²) in [6, 6.07) is 3.31. The van der Waals surface area contributed by atoms with Crippen molar-refractivity contribution in [2.24, 2.45) is 0 Å². The highest BCUT2D eigenvalue weighted by molar-refractivity contribution is 7.17. The number of nitrogens with zero attached hydrogens (tertiary/aromatic N) is 1. The first-order chi connectivity index (χ1) is 9.38. The molecule has 0 radical (unpaired) electrons. The summed E-state index contributed by atoms with van der Waals surface area (Å²) in [4.78, 5) is 27.0. The highest BCUT2D eigenvalue weighted by atomic mass is 32.1. The van der Waals surface area contributed by atoms with E-state index < -0.39 is 23.3 Å². The number of nitrogen functional groups attached to an aromatic ring is 1. The topological polar surface area (TPSA) is 105 Å². The highest BCUT2D eigenvalue weighted by Crippen LogP contribution is 2.22. The van der Waals surface area contributed by atoms with Gasteiger partial charge in [-0.3, -0.25) is 4.79 Å². The lowest BCUT2D eigenvalue weighted by atomic mass is 10.2. The van der Waals surface area contributed by atoms with Crippen LogP contribution in [0.1, 0.15) is 25.7 Å². The van der Waals surface area contributed by atoms with Gasteiger partial charge in [0.1, 0.15) is 10.7 Å². The van der Waals surface area contributed by atoms with Crippen LogP contribution in [0.15, 0.2) is 18.2 Å². The number of nitrogens with one attached hydrogen (secondary N) is 1. The van der Waals surface area contributed by atoms with Crippen LogP contribution in [0.3, 0.4) is 0 Å². The molecule has 8 heteroatoms. The van der Waals surface area contributed by atoms with E-state index in [0.29, 0.717) is 10.6 Å². The Labute approximate surface area is 117 Å². The van der Waals surface area contributed by atoms with E-state index in [1.54, 1.807) is 6.92 Å². The predicted molar refractivity (Wildman–Crippen MR) is 72.6 cm³/mol. The molecule has 0 aliphatic rings. The normalized spacial score (nSPS) is 10.3. The van der Waals surface area contributed by atoms with Gasteiger partial charge in [-0.25, -0.2) is 14.2 Å². The van der Waals surface area contributed by atoms with Gasteiger partial charge in [0.05, 0.1) is 11.3 Å². The molecule has 0 saturated carbocycles. The summed E-state index contributed by atoms with van der Waals surface area (Å²) < 4.78 is 13.2. The van der Waals surface area contributed by atoms with Crippen LogP contribution in [-0.2, 0) is 0 Å². The average Bonchev–Trinajstić information content (AvgIpc) is 2.70. The Balaban J connectivity index is 2.26. The average molecular weight is 295 g/mol. The Morgan fingerprint density at radius 1 is 1.45 bits per heavy atom. The maximum atomic E-state index is 13.2. The Kier molecular flexibility index (Phi) is 3.66. The van der Waals surface area contributed by atoms with E-state index in [0.717, 1.165) is 23.5 Å². The van der Waals surface area contributed by atoms with Gasteiger partial charge in [-0.1, -0.05) is 11.3 Å². The third kappa shape index (κ3) is 2.75. The minimum absolute atomic E-state index is 0.181. The Morgan fingerprint density at radius 2 is 2.15 bits per heavy atom. The van der Waals surface area contributed by atoms with Crippen LogP contribution >= 0.6 is 11.3 Å². The lowest BCUT2D eigenvalue weighted by Crippen LogP contribution is -2.12. The molecular weight excluding hydrogens is 285 g/mol. The Morgan fingerprint density at radius 3 is 2.70 bits per heavy atom. The maximum absolute atomic E-state index is 13.2. The number of rotatable bonds is 3. The molecule has 0 unspecified atom stereocenters. The largest absolute Gasteiger partial charge is 0.478 e. The number of carboxylic acid groups (broad SMARTS) is 1. The lowest BCUT2D eigenvalue weighted by molar-refractivity contribution is 0.0691. The second-order valence-electron chi connectivity index (χ2n) is 3.92. The number of aromatic carboxylic acids is 1. The second-order valence-corrected chi connectivity index (χ2v) is 4.95. The molecule has 0 aliphatic heterocycles. The fraction of sp³-hybridized carbons (Fsp3) is 0.0833. The van der Waals surface area contributed by atoms with E-state index in [4.69, 9.17) is 10.8 Å². The summed E-state index contributed by atoms with van der Waals surface area (Å²) in [5.41, 5.74) is 5.64. The van der Waals surface area contributed by atoms with Gasteiger partial charge >= 0.3 is 5.97 Å². The molecule has 0 aliphatic carbocycles. The number of hydrogen-bond acceptors (Lipinski definition) is 5. The van der Waals surface area contributed by atoms with E-state index in [1.807, 2.05) is 0 Å². The summed E-state index contributed by atoms with van der Waals surface area (Å²) >= 11 is 1.02. The number of nitrogens with two attached hydrogens (primary N) is 1. The number of aromatic nitrogens is 1. The third-order valence-corrected chi connectivity index (χ3v) is 3.46. The summed E-state index contributed by atoms with van der Waals surface area (Å²) in [5.74, 6) is -2.75. The molecule has 1 amide bonds. The minimum Gasteiger partial charge on any atom is -0.478 e. The number of halogens is 1. The van der Waals surface area contributed by atoms with Gasteiger partial charge in [0.15, 0.2) is 5.13 Å². The van der Waals surface area contributed by atoms with Crippen molar-refractivity contribution in [3.63, 3.8) is 0 Å². The molecule has 104 valence electrons. The van der Waals surface area contributed by atoms with Crippen molar-refractivity contribution in [2.45, 2.75) is 6.92 Å². The molecule has 0 bridgehead atoms. The number of carboxylic acids is 1. The van der Waals surface area contributed by atoms with Crippen molar-refractivity contribution >= 4 is 34.0 Å². The van der Waals surface area contributed by atoms with Crippen molar-refractivity contribution in [1.82, 2.24) is 4.98 Å². The van der Waals surface area contributed by atoms with Crippen molar-refractivity contribution in [2.75, 3.05) is 11.1 Å². The quantitative estimate of drug-likeness (QED) is 0.804. The highest BCUT2D eigenvalue weighted by Gasteiger charge is 2.16. The summed E-state index contributed by atoms with van der Waals surface area (Å²) in [7, 11) is 0. The lowest BCUT2D eigenvalue weighted by Gasteiger charge is -2.05. The number of hydrogen-bond donors (Lipinski definition) is 3. The fourth-order valence-electron chi connectivity index (χ4n) is 1.58. The maximum Gasteiger partial charge on any atom is 0.338 e. The van der Waals surface area contributed by atoms with E-state index in [2.05, 4.69) is 10.3 Å². The van der Waals surface area contributed by atoms with Crippen LogP contribution in [0, 0.1) is 12.7 Å². The number of aryl methyl sites for hydroxylation is 1. The van der Waals surface area contributed by atoms with Crippen LogP contribution in [0.4, 0.5) is 15.2 Å². The van der Waals surface area contributed by atoms with Crippen LogP contribution in [0.2, 0.25) is 0 Å². The van der Waals surface area contributed by atoms with Crippen molar-refractivity contribution < 1.29 is 19.1 Å². The van der Waals surface area contributed by atoms with E-state index in [9.17, 15) is 14.0 Å². The third-order valence-electron chi connectivity index (χ3n) is 2.47. The summed E-state index contributed by atoms with van der Waals surface area (Å²) in [5, 5.41) is 11.6. The first-order valence-electron chi connectivity index (χ1n) is 5.45. The Hall–Kier alpha value is -2.48. The standard InChI is InChI=1S/C12H10FN3O3S/c1-5-9(20-12(14)15-5)10(17)16-6-2-3-8(13)7(4-6)11(18)19/h2-4H,1H3,(H2,14,15)(H,16,17)(H,18,19). The molecule has 1 aromatic carbocycles. The predicted octanol–water partition coefficient (Wildman–Crippen LogP) is 2.12. The molecular formula is C12H10FN3O3S. The van der Waals surface area contributed by atoms with Crippen LogP contribution in [-0.4, -0.2) is 22.0 Å². The van der Waals surface area contributed by atoms with Crippen molar-refractivity contribution in [3.8, 4) is 0 Å². The fourth-order valence-corrected chi connectivity index (χ4v) is 2.31. The van der Waals surface area contributed by atoms with Crippen LogP contribution < -0.4 is 11.1 Å². The van der Waals surface area contributed by atoms with Gasteiger partial charge < -0.3 is 16.2 Å². The molecule has 20 heavy (non-hydrogen) atoms. The van der Waals surface area contributed by atoms with Crippen LogP contribution in [0.25, 0.3) is 0 Å². The smallest absolute Gasteiger partial charge is 0.338 e. The van der Waals surface area contributed by atoms with E-state index in [-0.39, 0.29) is 10.8 Å². The van der Waals surface area contributed by atoms with Gasteiger partial charge in [-0.15, -0.1) is 0 Å². The number of anilines is 2. The Bertz CT molecular complexity index is 699. The zero-order valence-electron chi connectivity index (χ0n) is 10.3. The molecule has 0 atom stereocenters. The molecule has 2 rings (SSSR count). The number of carbonyl (C=O) groups is 2. The first-order valence-corrected chi connectivity index (χ1v) is 6.27. The van der Waals surface area contributed by atoms with Gasteiger partial charge in [0.2, 0.25) is 0 Å². The minimum atomic E-state index is -1.41. The first kappa shape index (κ1) is 13.9. The SMILES string of the molecule is Cc1nc(N)sc1C(=O)Nc1ccc(F)c(C(=O)O)c1. The van der Waals surface area contributed by atoms with Crippen LogP contribution in [0.5, 0.6) is 0 Å². The summed E-state index contributed by atoms with van der Waals surface area (Å²) in [6.45, 7) is 1.63. The zero-order valence-corrected chi connectivity index (χ0v) is 11.1. The number of thiazole rings is 1. The second kappa shape index (κ2) is 5.25. The van der Waals surface area contributed by atoms with E-state index in [1.165, 1.54) is 6.07 Å². The number of amides is 1. The zero-order chi connectivity index (χ0) is 14.9. The molecule has 0 spiro atoms. The van der Waals surface area contributed by atoms with Gasteiger partial charge in [-0.2, -0.15) is 0 Å². The molecule has 1 heterocycles. The molecule has 2 aromatic rings.